The summed E-state index contributed by atoms with van der Waals surface area (Å²) in [6.45, 7) is 4.79. The molecule has 1 aliphatic heterocycles. The predicted octanol–water partition coefficient (Wildman–Crippen LogP) is 3.90. The van der Waals surface area contributed by atoms with Gasteiger partial charge in [-0.3, -0.25) is 9.59 Å². The zero-order valence-electron chi connectivity index (χ0n) is 18.9. The third-order valence-corrected chi connectivity index (χ3v) is 5.56. The topological polar surface area (TPSA) is 79.3 Å². The van der Waals surface area contributed by atoms with Crippen molar-refractivity contribution in [3.8, 4) is 11.5 Å². The van der Waals surface area contributed by atoms with E-state index in [-0.39, 0.29) is 11.3 Å². The van der Waals surface area contributed by atoms with Crippen molar-refractivity contribution in [3.63, 3.8) is 0 Å². The van der Waals surface area contributed by atoms with Crippen molar-refractivity contribution in [3.05, 3.63) is 76.8 Å². The first-order valence-electron chi connectivity index (χ1n) is 10.4. The van der Waals surface area contributed by atoms with Crippen molar-refractivity contribution in [1.29, 1.82) is 0 Å². The average Bonchev–Trinajstić information content (AvgIpc) is 3.06. The van der Waals surface area contributed by atoms with Crippen LogP contribution in [0.15, 0.2) is 60.7 Å². The summed E-state index contributed by atoms with van der Waals surface area (Å²) in [5.74, 6) is -0.711. The van der Waals surface area contributed by atoms with Gasteiger partial charge in [-0.1, -0.05) is 30.3 Å². The summed E-state index contributed by atoms with van der Waals surface area (Å²) < 4.78 is 11.1. The molecule has 7 nitrogen and oxygen atoms in total. The van der Waals surface area contributed by atoms with Crippen LogP contribution in [0.2, 0.25) is 5.02 Å². The standard InChI is InChI=1S/C25H27ClN2O5/c1-5-14-33-19-11-8-17(15-20(19)32-4)22-21(23(29)16-6-9-18(26)10-7-16)24(30)25(31)28(22)13-12-27(2)3/h5-11,15,22,29H,1,12-14H2,2-4H3/b23-21+. The van der Waals surface area contributed by atoms with Gasteiger partial charge in [-0.2, -0.15) is 0 Å². The number of hydrogen-bond acceptors (Lipinski definition) is 6. The molecule has 1 heterocycles. The molecule has 1 N–H and O–H groups in total. The number of rotatable bonds is 9. The molecule has 0 spiro atoms. The maximum atomic E-state index is 13.1. The lowest BCUT2D eigenvalue weighted by atomic mass is 9.95. The Kier molecular flexibility index (Phi) is 7.79. The number of aliphatic hydroxyl groups excluding tert-OH is 1. The maximum Gasteiger partial charge on any atom is 0.295 e. The fourth-order valence-electron chi connectivity index (χ4n) is 3.65. The molecule has 1 fully saturated rings. The van der Waals surface area contributed by atoms with Gasteiger partial charge in [0.25, 0.3) is 11.7 Å². The van der Waals surface area contributed by atoms with Crippen LogP contribution in [-0.4, -0.2) is 67.5 Å². The van der Waals surface area contributed by atoms with E-state index in [1.165, 1.54) is 12.0 Å². The van der Waals surface area contributed by atoms with Gasteiger partial charge in [-0.05, 0) is 56.1 Å². The molecule has 1 unspecified atom stereocenters. The van der Waals surface area contributed by atoms with Crippen LogP contribution in [0, 0.1) is 0 Å². The van der Waals surface area contributed by atoms with E-state index in [1.54, 1.807) is 48.5 Å². The molecule has 2 aromatic carbocycles. The average molecular weight is 471 g/mol. The number of hydrogen-bond donors (Lipinski definition) is 1. The summed E-state index contributed by atoms with van der Waals surface area (Å²) in [6.07, 6.45) is 1.62. The van der Waals surface area contributed by atoms with E-state index in [0.717, 1.165) is 0 Å². The summed E-state index contributed by atoms with van der Waals surface area (Å²) in [5.41, 5.74) is 1.03. The Labute approximate surface area is 198 Å². The quantitative estimate of drug-likeness (QED) is 0.259. The van der Waals surface area contributed by atoms with E-state index in [9.17, 15) is 14.7 Å². The highest BCUT2D eigenvalue weighted by Crippen LogP contribution is 2.42. The number of likely N-dealkylation sites (tertiary alicyclic amines) is 1. The maximum absolute atomic E-state index is 13.1. The van der Waals surface area contributed by atoms with Crippen molar-refractivity contribution in [2.24, 2.45) is 0 Å². The van der Waals surface area contributed by atoms with Crippen molar-refractivity contribution in [1.82, 2.24) is 9.80 Å². The van der Waals surface area contributed by atoms with Crippen molar-refractivity contribution >= 4 is 29.1 Å². The summed E-state index contributed by atoms with van der Waals surface area (Å²) in [6, 6.07) is 10.8. The number of benzene rings is 2. The molecular formula is C25H27ClN2O5. The van der Waals surface area contributed by atoms with E-state index < -0.39 is 17.7 Å². The lowest BCUT2D eigenvalue weighted by Gasteiger charge is -2.27. The molecule has 1 amide bonds. The molecule has 33 heavy (non-hydrogen) atoms. The lowest BCUT2D eigenvalue weighted by Crippen LogP contribution is -2.35. The largest absolute Gasteiger partial charge is 0.507 e. The van der Waals surface area contributed by atoms with Crippen LogP contribution in [0.1, 0.15) is 17.2 Å². The van der Waals surface area contributed by atoms with Gasteiger partial charge in [0, 0.05) is 23.7 Å². The minimum absolute atomic E-state index is 0.0166. The van der Waals surface area contributed by atoms with E-state index in [2.05, 4.69) is 6.58 Å². The number of nitrogens with zero attached hydrogens (tertiary/aromatic N) is 2. The number of carbonyl (C=O) groups excluding carboxylic acids is 2. The van der Waals surface area contributed by atoms with E-state index in [1.807, 2.05) is 19.0 Å². The zero-order chi connectivity index (χ0) is 24.1. The number of amides is 1. The minimum atomic E-state index is -0.789. The molecular weight excluding hydrogens is 444 g/mol. The molecule has 0 saturated carbocycles. The second kappa shape index (κ2) is 10.6. The Morgan fingerprint density at radius 2 is 1.88 bits per heavy atom. The van der Waals surface area contributed by atoms with Gasteiger partial charge in [0.15, 0.2) is 11.5 Å². The third-order valence-electron chi connectivity index (χ3n) is 5.31. The summed E-state index contributed by atoms with van der Waals surface area (Å²) in [7, 11) is 5.28. The van der Waals surface area contributed by atoms with Gasteiger partial charge < -0.3 is 24.4 Å². The molecule has 8 heteroatoms. The fraction of sp³-hybridized carbons (Fsp3) is 0.280. The van der Waals surface area contributed by atoms with Crippen LogP contribution in [0.3, 0.4) is 0 Å². The fourth-order valence-corrected chi connectivity index (χ4v) is 3.78. The number of aliphatic hydroxyl groups is 1. The number of ketones is 1. The van der Waals surface area contributed by atoms with Gasteiger partial charge in [-0.15, -0.1) is 0 Å². The first-order chi connectivity index (χ1) is 15.8. The SMILES string of the molecule is C=CCOc1ccc(C2/C(=C(\O)c3ccc(Cl)cc3)C(=O)C(=O)N2CCN(C)C)cc1OC. The molecule has 0 radical (unpaired) electrons. The second-order valence-electron chi connectivity index (χ2n) is 7.81. The van der Waals surface area contributed by atoms with Crippen LogP contribution >= 0.6 is 11.6 Å². The Morgan fingerprint density at radius 1 is 1.18 bits per heavy atom. The lowest BCUT2D eigenvalue weighted by molar-refractivity contribution is -0.140. The Bertz CT molecular complexity index is 1080. The number of ether oxygens (including phenoxy) is 2. The van der Waals surface area contributed by atoms with Crippen LogP contribution in [0.5, 0.6) is 11.5 Å². The smallest absolute Gasteiger partial charge is 0.295 e. The van der Waals surface area contributed by atoms with Crippen LogP contribution < -0.4 is 9.47 Å². The number of halogens is 1. The third kappa shape index (κ3) is 5.21. The first kappa shape index (κ1) is 24.4. The monoisotopic (exact) mass is 470 g/mol. The van der Waals surface area contributed by atoms with E-state index >= 15 is 0 Å². The molecule has 1 aliphatic rings. The molecule has 1 atom stereocenters. The highest BCUT2D eigenvalue weighted by molar-refractivity contribution is 6.46. The van der Waals surface area contributed by atoms with Crippen LogP contribution in [0.25, 0.3) is 5.76 Å². The Balaban J connectivity index is 2.15. The second-order valence-corrected chi connectivity index (χ2v) is 8.25. The summed E-state index contributed by atoms with van der Waals surface area (Å²) in [5, 5.41) is 11.6. The number of likely N-dealkylation sites (N-methyl/N-ethyl adjacent to an activating group) is 1. The summed E-state index contributed by atoms with van der Waals surface area (Å²) in [4.78, 5) is 29.5. The van der Waals surface area contributed by atoms with Crippen LogP contribution in [-0.2, 0) is 9.59 Å². The zero-order valence-corrected chi connectivity index (χ0v) is 19.6. The molecule has 3 rings (SSSR count). The van der Waals surface area contributed by atoms with Gasteiger partial charge in [0.1, 0.15) is 12.4 Å². The molecule has 174 valence electrons. The molecule has 2 aromatic rings. The van der Waals surface area contributed by atoms with Gasteiger partial charge in [0.2, 0.25) is 0 Å². The van der Waals surface area contributed by atoms with Crippen molar-refractivity contribution < 1.29 is 24.2 Å². The molecule has 0 aromatic heterocycles. The van der Waals surface area contributed by atoms with E-state index in [0.29, 0.717) is 47.3 Å². The Morgan fingerprint density at radius 3 is 2.48 bits per heavy atom. The highest BCUT2D eigenvalue weighted by Gasteiger charge is 2.46. The minimum Gasteiger partial charge on any atom is -0.507 e. The number of Topliss-reactive ketones (excluding diaryl/α,β-unsaturated/α-hetero) is 1. The predicted molar refractivity (Wildman–Crippen MR) is 128 cm³/mol. The van der Waals surface area contributed by atoms with Crippen LogP contribution in [0.4, 0.5) is 0 Å². The Hall–Kier alpha value is -3.29. The summed E-state index contributed by atoms with van der Waals surface area (Å²) >= 11 is 5.97. The van der Waals surface area contributed by atoms with Crippen molar-refractivity contribution in [2.75, 3.05) is 40.9 Å². The van der Waals surface area contributed by atoms with Gasteiger partial charge in [0.05, 0.1) is 18.7 Å². The molecule has 1 saturated heterocycles. The number of methoxy groups -OCH3 is 1. The van der Waals surface area contributed by atoms with Crippen molar-refractivity contribution in [2.45, 2.75) is 6.04 Å². The van der Waals surface area contributed by atoms with Gasteiger partial charge in [-0.25, -0.2) is 0 Å². The molecule has 0 bridgehead atoms. The van der Waals surface area contributed by atoms with E-state index in [4.69, 9.17) is 21.1 Å². The molecule has 0 aliphatic carbocycles. The normalized spacial score (nSPS) is 17.5. The number of carbonyl (C=O) groups is 2. The highest BCUT2D eigenvalue weighted by atomic mass is 35.5. The van der Waals surface area contributed by atoms with Gasteiger partial charge >= 0.3 is 0 Å². The first-order valence-corrected chi connectivity index (χ1v) is 10.8.